The minimum atomic E-state index is -0.0453. The van der Waals surface area contributed by atoms with E-state index in [2.05, 4.69) is 52.9 Å². The molecule has 1 fully saturated rings. The molecular formula is C35H49N7O2. The Balaban J connectivity index is 1.49. The Hall–Kier alpha value is -3.95. The average Bonchev–Trinajstić information content (AvgIpc) is 3.30. The van der Waals surface area contributed by atoms with E-state index in [1.165, 1.54) is 5.57 Å². The molecule has 3 heterocycles. The molecule has 2 aliphatic rings. The van der Waals surface area contributed by atoms with Crippen molar-refractivity contribution in [3.8, 4) is 11.1 Å². The van der Waals surface area contributed by atoms with E-state index in [-0.39, 0.29) is 5.91 Å². The lowest BCUT2D eigenvalue weighted by atomic mass is 10.0. The summed E-state index contributed by atoms with van der Waals surface area (Å²) in [7, 11) is 5.28. The number of hydrogen-bond acceptors (Lipinski definition) is 8. The Morgan fingerprint density at radius 2 is 1.70 bits per heavy atom. The first kappa shape index (κ1) is 33.0. The van der Waals surface area contributed by atoms with Crippen molar-refractivity contribution in [1.82, 2.24) is 24.7 Å². The fourth-order valence-electron chi connectivity index (χ4n) is 5.48. The standard InChI is InChI=1S/C35H49N7O2/c1-8-40(9-2)14-15-41-16-18-42(19-17-41)34-32(35(43)39(5)6)22-30(25-38-34)29-20-26(3)33(37-24-29)36-23-27(4)28-12-10-11-13-31(21-28)44-7/h10-13,20,22-25H,8-9,14-19,21H2,1-7H3,(H,36,37)/b27-23+. The predicted octanol–water partition coefficient (Wildman–Crippen LogP) is 5.35. The van der Waals surface area contributed by atoms with Crippen LogP contribution in [0.5, 0.6) is 0 Å². The van der Waals surface area contributed by atoms with Crippen molar-refractivity contribution in [2.24, 2.45) is 0 Å². The number of aromatic nitrogens is 2. The van der Waals surface area contributed by atoms with E-state index in [0.29, 0.717) is 5.56 Å². The summed E-state index contributed by atoms with van der Waals surface area (Å²) in [5.41, 5.74) is 5.72. The molecule has 0 spiro atoms. The fourth-order valence-corrected chi connectivity index (χ4v) is 5.48. The van der Waals surface area contributed by atoms with Crippen LogP contribution in [-0.2, 0) is 4.74 Å². The first-order valence-corrected chi connectivity index (χ1v) is 15.7. The van der Waals surface area contributed by atoms with Crippen LogP contribution in [0.3, 0.4) is 0 Å². The molecule has 1 aliphatic heterocycles. The van der Waals surface area contributed by atoms with Gasteiger partial charge in [-0.25, -0.2) is 9.97 Å². The summed E-state index contributed by atoms with van der Waals surface area (Å²) in [6.45, 7) is 16.5. The number of anilines is 2. The van der Waals surface area contributed by atoms with Gasteiger partial charge < -0.3 is 24.8 Å². The summed E-state index contributed by atoms with van der Waals surface area (Å²) < 4.78 is 5.47. The molecule has 1 aliphatic carbocycles. The van der Waals surface area contributed by atoms with Crippen molar-refractivity contribution >= 4 is 17.5 Å². The molecule has 1 saturated heterocycles. The molecule has 0 saturated carbocycles. The number of allylic oxidation sites excluding steroid dienone is 6. The van der Waals surface area contributed by atoms with Gasteiger partial charge in [-0.05, 0) is 61.9 Å². The maximum absolute atomic E-state index is 13.4. The smallest absolute Gasteiger partial charge is 0.257 e. The average molecular weight is 600 g/mol. The van der Waals surface area contributed by atoms with Crippen molar-refractivity contribution in [3.05, 3.63) is 83.1 Å². The number of rotatable bonds is 12. The van der Waals surface area contributed by atoms with Gasteiger partial charge in [0, 0.05) is 89.5 Å². The number of carbonyl (C=O) groups is 1. The lowest BCUT2D eigenvalue weighted by Gasteiger charge is -2.37. The van der Waals surface area contributed by atoms with Crippen molar-refractivity contribution in [1.29, 1.82) is 0 Å². The summed E-state index contributed by atoms with van der Waals surface area (Å²) >= 11 is 0. The fraction of sp³-hybridized carbons (Fsp3) is 0.457. The van der Waals surface area contributed by atoms with Crippen LogP contribution in [0.4, 0.5) is 11.6 Å². The number of hydrogen-bond donors (Lipinski definition) is 1. The second-order valence-corrected chi connectivity index (χ2v) is 11.6. The Morgan fingerprint density at radius 3 is 2.36 bits per heavy atom. The summed E-state index contributed by atoms with van der Waals surface area (Å²) in [6.07, 6.45) is 14.6. The minimum absolute atomic E-state index is 0.0453. The number of nitrogens with one attached hydrogen (secondary N) is 1. The van der Waals surface area contributed by atoms with Crippen molar-refractivity contribution in [3.63, 3.8) is 0 Å². The lowest BCUT2D eigenvalue weighted by molar-refractivity contribution is 0.0827. The third-order valence-electron chi connectivity index (χ3n) is 8.46. The van der Waals surface area contributed by atoms with E-state index >= 15 is 0 Å². The molecule has 0 unspecified atom stereocenters. The molecule has 2 aromatic rings. The highest BCUT2D eigenvalue weighted by Gasteiger charge is 2.24. The Labute approximate surface area is 263 Å². The maximum atomic E-state index is 13.4. The number of amides is 1. The van der Waals surface area contributed by atoms with Crippen LogP contribution in [0, 0.1) is 6.92 Å². The Bertz CT molecular complexity index is 1410. The normalized spacial score (nSPS) is 16.0. The summed E-state index contributed by atoms with van der Waals surface area (Å²) in [5.74, 6) is 2.43. The molecule has 0 atom stereocenters. The number of ether oxygens (including phenoxy) is 1. The zero-order valence-electron chi connectivity index (χ0n) is 27.6. The van der Waals surface area contributed by atoms with Gasteiger partial charge in [0.2, 0.25) is 0 Å². The molecule has 0 aromatic carbocycles. The van der Waals surface area contributed by atoms with Gasteiger partial charge in [0.15, 0.2) is 0 Å². The van der Waals surface area contributed by atoms with E-state index < -0.39 is 0 Å². The van der Waals surface area contributed by atoms with Crippen LogP contribution in [0.15, 0.2) is 71.9 Å². The molecule has 9 heteroatoms. The largest absolute Gasteiger partial charge is 0.501 e. The number of aryl methyl sites for hydroxylation is 1. The summed E-state index contributed by atoms with van der Waals surface area (Å²) in [6, 6.07) is 4.06. The van der Waals surface area contributed by atoms with Gasteiger partial charge in [0.1, 0.15) is 11.6 Å². The first-order valence-electron chi connectivity index (χ1n) is 15.7. The molecule has 236 valence electrons. The van der Waals surface area contributed by atoms with Crippen LogP contribution in [0.1, 0.15) is 43.1 Å². The topological polar surface area (TPSA) is 77.1 Å². The van der Waals surface area contributed by atoms with Gasteiger partial charge >= 0.3 is 0 Å². The van der Waals surface area contributed by atoms with E-state index in [0.717, 1.165) is 98.4 Å². The maximum Gasteiger partial charge on any atom is 0.257 e. The van der Waals surface area contributed by atoms with Crippen molar-refractivity contribution in [2.75, 3.05) is 83.8 Å². The molecule has 1 amide bonds. The van der Waals surface area contributed by atoms with E-state index in [4.69, 9.17) is 14.7 Å². The summed E-state index contributed by atoms with van der Waals surface area (Å²) in [4.78, 5) is 31.8. The van der Waals surface area contributed by atoms with Crippen LogP contribution >= 0.6 is 0 Å². The van der Waals surface area contributed by atoms with Crippen LogP contribution in [-0.4, -0.2) is 104 Å². The first-order chi connectivity index (χ1) is 21.2. The number of likely N-dealkylation sites (N-methyl/N-ethyl adjacent to an activating group) is 1. The van der Waals surface area contributed by atoms with Crippen LogP contribution in [0.2, 0.25) is 0 Å². The van der Waals surface area contributed by atoms with E-state index in [1.54, 1.807) is 26.1 Å². The van der Waals surface area contributed by atoms with Crippen LogP contribution < -0.4 is 10.2 Å². The number of nitrogens with zero attached hydrogens (tertiary/aromatic N) is 6. The Kier molecular flexibility index (Phi) is 11.7. The van der Waals surface area contributed by atoms with Gasteiger partial charge in [0.25, 0.3) is 5.91 Å². The van der Waals surface area contributed by atoms with E-state index in [1.807, 2.05) is 49.8 Å². The van der Waals surface area contributed by atoms with Crippen LogP contribution in [0.25, 0.3) is 11.1 Å². The second-order valence-electron chi connectivity index (χ2n) is 11.6. The number of methoxy groups -OCH3 is 1. The molecule has 44 heavy (non-hydrogen) atoms. The SMILES string of the molecule is CCN(CC)CCN1CCN(c2ncc(-c3cnc(N/C=C(\C)C4=CC=CC=C(OC)C4)c(C)c3)cc2C(=O)N(C)C)CC1. The predicted molar refractivity (Wildman–Crippen MR) is 181 cm³/mol. The minimum Gasteiger partial charge on any atom is -0.501 e. The Morgan fingerprint density at radius 1 is 1.02 bits per heavy atom. The van der Waals surface area contributed by atoms with Crippen molar-refractivity contribution < 1.29 is 9.53 Å². The second kappa shape index (κ2) is 15.7. The molecule has 4 rings (SSSR count). The molecule has 1 N–H and O–H groups in total. The highest BCUT2D eigenvalue weighted by Crippen LogP contribution is 2.29. The summed E-state index contributed by atoms with van der Waals surface area (Å²) in [5, 5.41) is 3.38. The third kappa shape index (κ3) is 8.36. The van der Waals surface area contributed by atoms with Gasteiger partial charge in [-0.15, -0.1) is 0 Å². The monoisotopic (exact) mass is 599 g/mol. The molecule has 2 aromatic heterocycles. The molecular weight excluding hydrogens is 550 g/mol. The van der Waals surface area contributed by atoms with Gasteiger partial charge in [-0.2, -0.15) is 0 Å². The quantitative estimate of drug-likeness (QED) is 0.350. The van der Waals surface area contributed by atoms with Gasteiger partial charge in [-0.3, -0.25) is 9.69 Å². The molecule has 9 nitrogen and oxygen atoms in total. The van der Waals surface area contributed by atoms with E-state index in [9.17, 15) is 4.79 Å². The highest BCUT2D eigenvalue weighted by atomic mass is 16.5. The van der Waals surface area contributed by atoms with Gasteiger partial charge in [-0.1, -0.05) is 32.1 Å². The number of pyridine rings is 2. The number of piperazine rings is 1. The number of carbonyl (C=O) groups excluding carboxylic acids is 1. The molecule has 0 bridgehead atoms. The lowest BCUT2D eigenvalue weighted by Crippen LogP contribution is -2.49. The van der Waals surface area contributed by atoms with Gasteiger partial charge in [0.05, 0.1) is 18.4 Å². The zero-order chi connectivity index (χ0) is 31.6. The third-order valence-corrected chi connectivity index (χ3v) is 8.46. The highest BCUT2D eigenvalue weighted by molar-refractivity contribution is 5.99. The zero-order valence-corrected chi connectivity index (χ0v) is 27.6. The molecule has 0 radical (unpaired) electrons. The van der Waals surface area contributed by atoms with Crippen molar-refractivity contribution in [2.45, 2.75) is 34.1 Å².